The monoisotopic (exact) mass is 222 g/mol. The summed E-state index contributed by atoms with van der Waals surface area (Å²) >= 11 is 3.09. The zero-order valence-electron chi connectivity index (χ0n) is 6.94. The smallest absolute Gasteiger partial charge is 0.145 e. The van der Waals surface area contributed by atoms with E-state index in [0.29, 0.717) is 18.4 Å². The number of carbonyl (C=O) groups is 1. The van der Waals surface area contributed by atoms with Crippen molar-refractivity contribution in [3.05, 3.63) is 0 Å². The van der Waals surface area contributed by atoms with Crippen molar-refractivity contribution in [3.8, 4) is 0 Å². The maximum atomic E-state index is 10.7. The minimum atomic E-state index is 0.210. The molecule has 11 heavy (non-hydrogen) atoms. The zero-order chi connectivity index (χ0) is 8.53. The molecule has 0 rings (SSSR count). The Morgan fingerprint density at radius 2 is 2.18 bits per heavy atom. The van der Waals surface area contributed by atoms with Crippen LogP contribution in [0.1, 0.15) is 26.2 Å². The molecule has 0 bridgehead atoms. The molecule has 0 aliphatic heterocycles. The molecule has 0 aliphatic carbocycles. The highest BCUT2D eigenvalue weighted by atomic mass is 79.9. The summed E-state index contributed by atoms with van der Waals surface area (Å²) in [7, 11) is 0. The van der Waals surface area contributed by atoms with Gasteiger partial charge in [0.15, 0.2) is 0 Å². The normalized spacial score (nSPS) is 10.0. The van der Waals surface area contributed by atoms with E-state index in [4.69, 9.17) is 4.74 Å². The molecule has 3 heteroatoms. The lowest BCUT2D eigenvalue weighted by Gasteiger charge is -2.00. The third-order valence-corrected chi connectivity index (χ3v) is 1.94. The largest absolute Gasteiger partial charge is 0.381 e. The van der Waals surface area contributed by atoms with Crippen LogP contribution < -0.4 is 0 Å². The van der Waals surface area contributed by atoms with Crippen LogP contribution in [0.2, 0.25) is 0 Å². The van der Waals surface area contributed by atoms with Gasteiger partial charge >= 0.3 is 0 Å². The van der Waals surface area contributed by atoms with E-state index in [1.54, 1.807) is 0 Å². The van der Waals surface area contributed by atoms with Crippen molar-refractivity contribution in [2.45, 2.75) is 26.2 Å². The molecule has 0 N–H and O–H groups in total. The lowest BCUT2D eigenvalue weighted by molar-refractivity contribution is -0.117. The first kappa shape index (κ1) is 11.1. The highest BCUT2D eigenvalue weighted by Gasteiger charge is 1.97. The van der Waals surface area contributed by atoms with Gasteiger partial charge < -0.3 is 4.74 Å². The van der Waals surface area contributed by atoms with Gasteiger partial charge in [-0.15, -0.1) is 0 Å². The Labute approximate surface area is 76.4 Å². The van der Waals surface area contributed by atoms with E-state index in [9.17, 15) is 4.79 Å². The second kappa shape index (κ2) is 8.21. The molecule has 0 atom stereocenters. The Kier molecular flexibility index (Phi) is 8.29. The number of alkyl halides is 1. The molecule has 0 heterocycles. The molecule has 0 aliphatic rings. The predicted octanol–water partition coefficient (Wildman–Crippen LogP) is 2.16. The van der Waals surface area contributed by atoms with Crippen LogP contribution in [-0.4, -0.2) is 24.3 Å². The van der Waals surface area contributed by atoms with Gasteiger partial charge in [-0.05, 0) is 6.42 Å². The van der Waals surface area contributed by atoms with Gasteiger partial charge in [0.2, 0.25) is 0 Å². The molecule has 0 radical (unpaired) electrons. The summed E-state index contributed by atoms with van der Waals surface area (Å²) in [5, 5.41) is 0.449. The summed E-state index contributed by atoms with van der Waals surface area (Å²) in [4.78, 5) is 10.7. The Morgan fingerprint density at radius 1 is 1.45 bits per heavy atom. The molecule has 0 saturated carbocycles. The van der Waals surface area contributed by atoms with Crippen LogP contribution in [-0.2, 0) is 9.53 Å². The van der Waals surface area contributed by atoms with Gasteiger partial charge in [-0.2, -0.15) is 0 Å². The second-order valence-corrected chi connectivity index (χ2v) is 2.95. The van der Waals surface area contributed by atoms with Gasteiger partial charge in [0.25, 0.3) is 0 Å². The summed E-state index contributed by atoms with van der Waals surface area (Å²) in [6.45, 7) is 3.48. The fourth-order valence-electron chi connectivity index (χ4n) is 0.601. The quantitative estimate of drug-likeness (QED) is 0.488. The summed E-state index contributed by atoms with van der Waals surface area (Å²) in [5.74, 6) is 0.210. The van der Waals surface area contributed by atoms with Crippen molar-refractivity contribution in [1.82, 2.24) is 0 Å². The third-order valence-electron chi connectivity index (χ3n) is 1.32. The number of hydrogen-bond acceptors (Lipinski definition) is 2. The van der Waals surface area contributed by atoms with E-state index >= 15 is 0 Å². The van der Waals surface area contributed by atoms with Crippen molar-refractivity contribution < 1.29 is 9.53 Å². The van der Waals surface area contributed by atoms with Gasteiger partial charge in [-0.3, -0.25) is 4.79 Å². The average Bonchev–Trinajstić information content (AvgIpc) is 2.04. The van der Waals surface area contributed by atoms with Crippen LogP contribution in [0.4, 0.5) is 0 Å². The van der Waals surface area contributed by atoms with Crippen molar-refractivity contribution in [2.75, 3.05) is 18.5 Å². The number of carbonyl (C=O) groups excluding carboxylic acids is 1. The van der Waals surface area contributed by atoms with Crippen molar-refractivity contribution >= 4 is 21.7 Å². The second-order valence-electron chi connectivity index (χ2n) is 2.39. The van der Waals surface area contributed by atoms with E-state index in [2.05, 4.69) is 22.9 Å². The molecule has 0 aromatic rings. The molecule has 66 valence electrons. The predicted molar refractivity (Wildman–Crippen MR) is 49.1 cm³/mol. The number of hydrogen-bond donors (Lipinski definition) is 0. The molecule has 2 nitrogen and oxygen atoms in total. The highest BCUT2D eigenvalue weighted by molar-refractivity contribution is 9.09. The summed E-state index contributed by atoms with van der Waals surface area (Å²) in [5.41, 5.74) is 0. The number of ether oxygens (including phenoxy) is 1. The van der Waals surface area contributed by atoms with Crippen LogP contribution in [0.3, 0.4) is 0 Å². The molecule has 0 unspecified atom stereocenters. The van der Waals surface area contributed by atoms with Gasteiger partial charge in [-0.25, -0.2) is 0 Å². The number of ketones is 1. The number of halogens is 1. The molecule has 0 fully saturated rings. The van der Waals surface area contributed by atoms with Gasteiger partial charge in [-0.1, -0.05) is 29.3 Å². The Balaban J connectivity index is 2.95. The van der Waals surface area contributed by atoms with Gasteiger partial charge in [0, 0.05) is 13.0 Å². The molecule has 0 aromatic carbocycles. The lowest BCUT2D eigenvalue weighted by atomic mass is 10.3. The number of Topliss-reactive ketones (excluding diaryl/α,β-unsaturated/α-hetero) is 1. The van der Waals surface area contributed by atoms with Crippen molar-refractivity contribution in [2.24, 2.45) is 0 Å². The van der Waals surface area contributed by atoms with Crippen LogP contribution >= 0.6 is 15.9 Å². The van der Waals surface area contributed by atoms with E-state index in [-0.39, 0.29) is 5.78 Å². The number of rotatable bonds is 7. The SMILES string of the molecule is CCCCOCCC(=O)CBr. The molecule has 0 saturated heterocycles. The lowest BCUT2D eigenvalue weighted by Crippen LogP contribution is -2.05. The maximum absolute atomic E-state index is 10.7. The van der Waals surface area contributed by atoms with Crippen LogP contribution in [0.5, 0.6) is 0 Å². The standard InChI is InChI=1S/C8H15BrO2/c1-2-3-5-11-6-4-8(10)7-9/h2-7H2,1H3. The minimum Gasteiger partial charge on any atom is -0.381 e. The zero-order valence-corrected chi connectivity index (χ0v) is 8.52. The van der Waals surface area contributed by atoms with Crippen molar-refractivity contribution in [1.29, 1.82) is 0 Å². The van der Waals surface area contributed by atoms with E-state index in [1.807, 2.05) is 0 Å². The molecular weight excluding hydrogens is 208 g/mol. The Hall–Kier alpha value is 0.110. The van der Waals surface area contributed by atoms with Gasteiger partial charge in [0.05, 0.1) is 11.9 Å². The maximum Gasteiger partial charge on any atom is 0.145 e. The molecule has 0 aromatic heterocycles. The minimum absolute atomic E-state index is 0.210. The van der Waals surface area contributed by atoms with Crippen molar-refractivity contribution in [3.63, 3.8) is 0 Å². The first-order valence-electron chi connectivity index (χ1n) is 3.96. The van der Waals surface area contributed by atoms with E-state index in [1.165, 1.54) is 0 Å². The first-order chi connectivity index (χ1) is 5.31. The highest BCUT2D eigenvalue weighted by Crippen LogP contribution is 1.92. The fraction of sp³-hybridized carbons (Fsp3) is 0.875. The summed E-state index contributed by atoms with van der Waals surface area (Å²) in [6, 6.07) is 0. The van der Waals surface area contributed by atoms with E-state index < -0.39 is 0 Å². The Morgan fingerprint density at radius 3 is 2.73 bits per heavy atom. The Bertz CT molecular complexity index is 104. The van der Waals surface area contributed by atoms with Crippen LogP contribution in [0.15, 0.2) is 0 Å². The van der Waals surface area contributed by atoms with Crippen LogP contribution in [0, 0.1) is 0 Å². The first-order valence-corrected chi connectivity index (χ1v) is 5.08. The van der Waals surface area contributed by atoms with E-state index in [0.717, 1.165) is 19.4 Å². The summed E-state index contributed by atoms with van der Waals surface area (Å²) < 4.78 is 5.20. The summed E-state index contributed by atoms with van der Waals surface area (Å²) in [6.07, 6.45) is 2.77. The molecular formula is C8H15BrO2. The fourth-order valence-corrected chi connectivity index (χ4v) is 0.882. The molecule has 0 amide bonds. The molecule has 0 spiro atoms. The third kappa shape index (κ3) is 8.01. The number of unbranched alkanes of at least 4 members (excludes halogenated alkanes) is 1. The van der Waals surface area contributed by atoms with Gasteiger partial charge in [0.1, 0.15) is 5.78 Å². The van der Waals surface area contributed by atoms with Crippen LogP contribution in [0.25, 0.3) is 0 Å². The topological polar surface area (TPSA) is 26.3 Å². The average molecular weight is 223 g/mol.